The van der Waals surface area contributed by atoms with E-state index in [2.05, 4.69) is 5.32 Å². The number of amides is 1. The van der Waals surface area contributed by atoms with Crippen molar-refractivity contribution in [3.05, 3.63) is 63.7 Å². The highest BCUT2D eigenvalue weighted by Gasteiger charge is 2.27. The van der Waals surface area contributed by atoms with Gasteiger partial charge in [-0.2, -0.15) is 0 Å². The van der Waals surface area contributed by atoms with Crippen LogP contribution in [0.3, 0.4) is 0 Å². The van der Waals surface area contributed by atoms with Gasteiger partial charge in [0.05, 0.1) is 37.7 Å². The predicted molar refractivity (Wildman–Crippen MR) is 109 cm³/mol. The Labute approximate surface area is 174 Å². The molecule has 1 amide bonds. The Morgan fingerprint density at radius 2 is 1.73 bits per heavy atom. The lowest BCUT2D eigenvalue weighted by Gasteiger charge is -2.17. The molecule has 0 heterocycles. The van der Waals surface area contributed by atoms with E-state index in [4.69, 9.17) is 14.2 Å². The summed E-state index contributed by atoms with van der Waals surface area (Å²) in [6.07, 6.45) is 0.355. The second kappa shape index (κ2) is 10.8. The minimum Gasteiger partial charge on any atom is -0.493 e. The predicted octanol–water partition coefficient (Wildman–Crippen LogP) is 2.76. The second-order valence-electron chi connectivity index (χ2n) is 6.33. The Bertz CT molecular complexity index is 900. The van der Waals surface area contributed by atoms with E-state index in [1.807, 2.05) is 30.3 Å². The molecular weight excluding hydrogens is 392 g/mol. The van der Waals surface area contributed by atoms with Gasteiger partial charge in [0.15, 0.2) is 11.5 Å². The lowest BCUT2D eigenvalue weighted by Crippen LogP contribution is -2.35. The van der Waals surface area contributed by atoms with E-state index < -0.39 is 28.4 Å². The summed E-state index contributed by atoms with van der Waals surface area (Å²) in [5.41, 5.74) is 0.280. The first-order chi connectivity index (χ1) is 14.4. The minimum absolute atomic E-state index is 0.0436. The monoisotopic (exact) mass is 416 g/mol. The van der Waals surface area contributed by atoms with Crippen LogP contribution in [0.25, 0.3) is 0 Å². The van der Waals surface area contributed by atoms with Crippen molar-refractivity contribution in [2.24, 2.45) is 5.92 Å². The number of nitrogens with one attached hydrogen (secondary N) is 1. The van der Waals surface area contributed by atoms with Crippen molar-refractivity contribution in [2.75, 3.05) is 27.4 Å². The standard InChI is InChI=1S/C21H24N2O7/c1-4-30-21(25)15(10-14-8-6-5-7-9-14)13-22-20(24)16-11-18(28-2)19(29-3)12-17(16)23(26)27/h5-9,11-12,15H,4,10,13H2,1-3H3,(H,22,24). The molecule has 1 N–H and O–H groups in total. The van der Waals surface area contributed by atoms with Crippen LogP contribution in [0.15, 0.2) is 42.5 Å². The molecule has 1 atom stereocenters. The Balaban J connectivity index is 2.23. The number of esters is 1. The number of nitro benzene ring substituents is 1. The van der Waals surface area contributed by atoms with Gasteiger partial charge in [-0.05, 0) is 18.9 Å². The average Bonchev–Trinajstić information content (AvgIpc) is 2.76. The van der Waals surface area contributed by atoms with Crippen LogP contribution in [0.5, 0.6) is 11.5 Å². The van der Waals surface area contributed by atoms with Crippen LogP contribution in [0.4, 0.5) is 5.69 Å². The molecule has 0 spiro atoms. The highest BCUT2D eigenvalue weighted by atomic mass is 16.6. The molecule has 0 fully saturated rings. The van der Waals surface area contributed by atoms with Crippen molar-refractivity contribution in [1.29, 1.82) is 0 Å². The number of nitro groups is 1. The maximum Gasteiger partial charge on any atom is 0.311 e. The van der Waals surface area contributed by atoms with E-state index in [9.17, 15) is 19.7 Å². The van der Waals surface area contributed by atoms with Crippen molar-refractivity contribution in [3.8, 4) is 11.5 Å². The minimum atomic E-state index is -0.704. The van der Waals surface area contributed by atoms with Gasteiger partial charge in [0, 0.05) is 12.6 Å². The number of nitrogens with zero attached hydrogens (tertiary/aromatic N) is 1. The molecule has 0 saturated heterocycles. The lowest BCUT2D eigenvalue weighted by molar-refractivity contribution is -0.385. The fraction of sp³-hybridized carbons (Fsp3) is 0.333. The molecular formula is C21H24N2O7. The molecule has 30 heavy (non-hydrogen) atoms. The molecule has 9 nitrogen and oxygen atoms in total. The zero-order valence-corrected chi connectivity index (χ0v) is 17.0. The number of methoxy groups -OCH3 is 2. The molecule has 0 saturated carbocycles. The molecule has 1 unspecified atom stereocenters. The van der Waals surface area contributed by atoms with Crippen LogP contribution in [-0.2, 0) is 16.0 Å². The number of carbonyl (C=O) groups excluding carboxylic acids is 2. The maximum absolute atomic E-state index is 12.7. The van der Waals surface area contributed by atoms with Crippen molar-refractivity contribution in [2.45, 2.75) is 13.3 Å². The summed E-state index contributed by atoms with van der Waals surface area (Å²) >= 11 is 0. The molecule has 0 aliphatic carbocycles. The molecule has 160 valence electrons. The Morgan fingerprint density at radius 3 is 2.30 bits per heavy atom. The van der Waals surface area contributed by atoms with Crippen molar-refractivity contribution in [1.82, 2.24) is 5.32 Å². The number of carbonyl (C=O) groups is 2. The molecule has 2 aromatic rings. The van der Waals surface area contributed by atoms with Gasteiger partial charge in [0.25, 0.3) is 11.6 Å². The highest BCUT2D eigenvalue weighted by Crippen LogP contribution is 2.34. The van der Waals surface area contributed by atoms with Gasteiger partial charge < -0.3 is 19.5 Å². The summed E-state index contributed by atoms with van der Waals surface area (Å²) in [7, 11) is 2.71. The van der Waals surface area contributed by atoms with Crippen molar-refractivity contribution in [3.63, 3.8) is 0 Å². The quantitative estimate of drug-likeness (QED) is 0.359. The smallest absolute Gasteiger partial charge is 0.311 e. The highest BCUT2D eigenvalue weighted by molar-refractivity contribution is 5.99. The second-order valence-corrected chi connectivity index (χ2v) is 6.33. The van der Waals surface area contributed by atoms with Gasteiger partial charge in [0.1, 0.15) is 5.56 Å². The van der Waals surface area contributed by atoms with Crippen LogP contribution >= 0.6 is 0 Å². The molecule has 0 aliphatic heterocycles. The fourth-order valence-electron chi connectivity index (χ4n) is 2.91. The molecule has 0 radical (unpaired) electrons. The average molecular weight is 416 g/mol. The van der Waals surface area contributed by atoms with Crippen molar-refractivity contribution < 1.29 is 28.7 Å². The number of hydrogen-bond donors (Lipinski definition) is 1. The lowest BCUT2D eigenvalue weighted by atomic mass is 9.99. The van der Waals surface area contributed by atoms with Crippen LogP contribution in [-0.4, -0.2) is 44.2 Å². The molecule has 9 heteroatoms. The van der Waals surface area contributed by atoms with Gasteiger partial charge >= 0.3 is 5.97 Å². The van der Waals surface area contributed by atoms with E-state index in [-0.39, 0.29) is 30.2 Å². The molecule has 0 bridgehead atoms. The van der Waals surface area contributed by atoms with E-state index in [0.717, 1.165) is 11.6 Å². The molecule has 2 rings (SSSR count). The van der Waals surface area contributed by atoms with Gasteiger partial charge in [0.2, 0.25) is 0 Å². The number of hydrogen-bond acceptors (Lipinski definition) is 7. The summed E-state index contributed by atoms with van der Waals surface area (Å²) in [6, 6.07) is 11.7. The summed E-state index contributed by atoms with van der Waals surface area (Å²) in [5, 5.41) is 14.0. The van der Waals surface area contributed by atoms with Crippen molar-refractivity contribution >= 4 is 17.6 Å². The van der Waals surface area contributed by atoms with E-state index >= 15 is 0 Å². The van der Waals surface area contributed by atoms with Crippen LogP contribution in [0.1, 0.15) is 22.8 Å². The van der Waals surface area contributed by atoms with Gasteiger partial charge in [-0.3, -0.25) is 19.7 Å². The van der Waals surface area contributed by atoms with E-state index in [1.54, 1.807) is 6.92 Å². The third kappa shape index (κ3) is 5.69. The number of ether oxygens (including phenoxy) is 3. The SMILES string of the molecule is CCOC(=O)C(CNC(=O)c1cc(OC)c(OC)cc1[N+](=O)[O-])Cc1ccccc1. The third-order valence-corrected chi connectivity index (χ3v) is 4.40. The zero-order chi connectivity index (χ0) is 22.1. The molecule has 2 aromatic carbocycles. The summed E-state index contributed by atoms with van der Waals surface area (Å²) in [5.74, 6) is -1.49. The number of rotatable bonds is 10. The fourth-order valence-corrected chi connectivity index (χ4v) is 2.91. The first-order valence-electron chi connectivity index (χ1n) is 9.30. The topological polar surface area (TPSA) is 117 Å². The van der Waals surface area contributed by atoms with Crippen LogP contribution < -0.4 is 14.8 Å². The van der Waals surface area contributed by atoms with Gasteiger partial charge in [-0.1, -0.05) is 30.3 Å². The van der Waals surface area contributed by atoms with E-state index in [0.29, 0.717) is 6.42 Å². The maximum atomic E-state index is 12.7. The first-order valence-corrected chi connectivity index (χ1v) is 9.30. The number of benzene rings is 2. The van der Waals surface area contributed by atoms with Gasteiger partial charge in [-0.15, -0.1) is 0 Å². The summed E-state index contributed by atoms with van der Waals surface area (Å²) in [6.45, 7) is 1.86. The van der Waals surface area contributed by atoms with E-state index in [1.165, 1.54) is 20.3 Å². The Kier molecular flexibility index (Phi) is 8.16. The van der Waals surface area contributed by atoms with Crippen LogP contribution in [0.2, 0.25) is 0 Å². The zero-order valence-electron chi connectivity index (χ0n) is 17.0. The van der Waals surface area contributed by atoms with Crippen LogP contribution in [0, 0.1) is 16.0 Å². The third-order valence-electron chi connectivity index (χ3n) is 4.40. The summed E-state index contributed by atoms with van der Waals surface area (Å²) < 4.78 is 15.3. The molecule has 0 aromatic heterocycles. The Morgan fingerprint density at radius 1 is 1.10 bits per heavy atom. The normalized spacial score (nSPS) is 11.3. The molecule has 0 aliphatic rings. The Hall–Kier alpha value is -3.62. The largest absolute Gasteiger partial charge is 0.493 e. The first kappa shape index (κ1) is 22.7. The summed E-state index contributed by atoms with van der Waals surface area (Å²) in [4.78, 5) is 35.8. The van der Waals surface area contributed by atoms with Gasteiger partial charge in [-0.25, -0.2) is 0 Å².